The number of rotatable bonds is 7. The van der Waals surface area contributed by atoms with Gasteiger partial charge in [-0.3, -0.25) is 0 Å². The van der Waals surface area contributed by atoms with Crippen LogP contribution in [0.2, 0.25) is 5.02 Å². The topological polar surface area (TPSA) is 84.1 Å². The van der Waals surface area contributed by atoms with Gasteiger partial charge in [0.05, 0.1) is 11.3 Å². The first-order valence-electron chi connectivity index (χ1n) is 9.35. The molecular formula is C22H25ClN4O. The quantitative estimate of drug-likeness (QED) is 0.526. The largest absolute Gasteiger partial charge is 0.507 e. The molecule has 1 heterocycles. The molecule has 0 saturated carbocycles. The number of nitrogens with zero attached hydrogens (tertiary/aromatic N) is 2. The predicted molar refractivity (Wildman–Crippen MR) is 115 cm³/mol. The van der Waals surface area contributed by atoms with Crippen LogP contribution in [-0.4, -0.2) is 27.7 Å². The summed E-state index contributed by atoms with van der Waals surface area (Å²) < 4.78 is 0. The third-order valence-corrected chi connectivity index (χ3v) is 4.55. The Labute approximate surface area is 170 Å². The minimum Gasteiger partial charge on any atom is -0.507 e. The molecule has 0 aliphatic carbocycles. The zero-order valence-electron chi connectivity index (χ0n) is 16.1. The highest BCUT2D eigenvalue weighted by molar-refractivity contribution is 6.30. The van der Waals surface area contributed by atoms with Crippen molar-refractivity contribution in [1.29, 1.82) is 0 Å². The number of hydrogen-bond acceptors (Lipinski definition) is 5. The summed E-state index contributed by atoms with van der Waals surface area (Å²) >= 11 is 6.12. The third-order valence-electron chi connectivity index (χ3n) is 4.31. The number of benzene rings is 2. The average Bonchev–Trinajstić information content (AvgIpc) is 2.68. The Kier molecular flexibility index (Phi) is 6.49. The molecule has 3 aromatic rings. The number of nitrogens with two attached hydrogens (primary N) is 1. The number of nitrogens with one attached hydrogen (secondary N) is 1. The van der Waals surface area contributed by atoms with E-state index in [0.29, 0.717) is 34.7 Å². The van der Waals surface area contributed by atoms with Crippen molar-refractivity contribution in [3.63, 3.8) is 0 Å². The molecule has 0 amide bonds. The number of halogens is 1. The second kappa shape index (κ2) is 9.04. The molecule has 0 radical (unpaired) electrons. The molecule has 28 heavy (non-hydrogen) atoms. The second-order valence-corrected chi connectivity index (χ2v) is 7.70. The molecule has 0 unspecified atom stereocenters. The van der Waals surface area contributed by atoms with Crippen molar-refractivity contribution >= 4 is 17.4 Å². The van der Waals surface area contributed by atoms with E-state index < -0.39 is 0 Å². The van der Waals surface area contributed by atoms with Crippen molar-refractivity contribution in [1.82, 2.24) is 9.97 Å². The SMILES string of the molecule is CC(C)C[C@@H](N)CNc1cc(-c2ccccc2)nc(-c2cc(Cl)ccc2O)n1. The third kappa shape index (κ3) is 5.21. The van der Waals surface area contributed by atoms with Crippen molar-refractivity contribution in [2.45, 2.75) is 26.3 Å². The molecule has 146 valence electrons. The molecule has 4 N–H and O–H groups in total. The van der Waals surface area contributed by atoms with E-state index in [1.165, 1.54) is 0 Å². The highest BCUT2D eigenvalue weighted by Gasteiger charge is 2.13. The van der Waals surface area contributed by atoms with E-state index in [1.807, 2.05) is 36.4 Å². The zero-order valence-corrected chi connectivity index (χ0v) is 16.8. The summed E-state index contributed by atoms with van der Waals surface area (Å²) in [5.74, 6) is 1.67. The van der Waals surface area contributed by atoms with E-state index in [2.05, 4.69) is 29.1 Å². The molecule has 0 spiro atoms. The molecule has 0 aliphatic rings. The number of aromatic nitrogens is 2. The average molecular weight is 397 g/mol. The molecule has 6 heteroatoms. The van der Waals surface area contributed by atoms with Crippen molar-refractivity contribution < 1.29 is 5.11 Å². The Bertz CT molecular complexity index is 931. The summed E-state index contributed by atoms with van der Waals surface area (Å²) in [4.78, 5) is 9.24. The Morgan fingerprint density at radius 2 is 1.82 bits per heavy atom. The molecule has 0 aliphatic heterocycles. The van der Waals surface area contributed by atoms with Crippen LogP contribution in [0.25, 0.3) is 22.6 Å². The minimum absolute atomic E-state index is 0.0261. The molecule has 0 bridgehead atoms. The lowest BCUT2D eigenvalue weighted by Gasteiger charge is -2.16. The normalized spacial score (nSPS) is 12.2. The van der Waals surface area contributed by atoms with Crippen molar-refractivity contribution in [3.8, 4) is 28.4 Å². The Morgan fingerprint density at radius 1 is 1.07 bits per heavy atom. The van der Waals surface area contributed by atoms with Gasteiger partial charge in [0.25, 0.3) is 0 Å². The second-order valence-electron chi connectivity index (χ2n) is 7.26. The fourth-order valence-electron chi connectivity index (χ4n) is 3.03. The lowest BCUT2D eigenvalue weighted by atomic mass is 10.0. The van der Waals surface area contributed by atoms with E-state index in [0.717, 1.165) is 17.7 Å². The van der Waals surface area contributed by atoms with Gasteiger partial charge >= 0.3 is 0 Å². The number of hydrogen-bond donors (Lipinski definition) is 3. The lowest BCUT2D eigenvalue weighted by Crippen LogP contribution is -2.30. The van der Waals surface area contributed by atoms with Gasteiger partial charge < -0.3 is 16.2 Å². The summed E-state index contributed by atoms with van der Waals surface area (Å²) in [6.07, 6.45) is 0.922. The molecule has 5 nitrogen and oxygen atoms in total. The number of anilines is 1. The smallest absolute Gasteiger partial charge is 0.165 e. The first-order valence-corrected chi connectivity index (χ1v) is 9.73. The van der Waals surface area contributed by atoms with E-state index in [1.54, 1.807) is 18.2 Å². The summed E-state index contributed by atoms with van der Waals surface area (Å²) in [6.45, 7) is 4.90. The monoisotopic (exact) mass is 396 g/mol. The van der Waals surface area contributed by atoms with Crippen molar-refractivity contribution in [3.05, 3.63) is 59.6 Å². The van der Waals surface area contributed by atoms with Crippen LogP contribution in [-0.2, 0) is 0 Å². The van der Waals surface area contributed by atoms with Gasteiger partial charge in [-0.05, 0) is 30.5 Å². The molecule has 2 aromatic carbocycles. The summed E-state index contributed by atoms with van der Waals surface area (Å²) in [5.41, 5.74) is 8.40. The van der Waals surface area contributed by atoms with Crippen molar-refractivity contribution in [2.75, 3.05) is 11.9 Å². The van der Waals surface area contributed by atoms with Crippen LogP contribution in [0.5, 0.6) is 5.75 Å². The molecule has 0 saturated heterocycles. The van der Waals surface area contributed by atoms with Gasteiger partial charge in [0, 0.05) is 29.2 Å². The maximum absolute atomic E-state index is 10.3. The first-order chi connectivity index (χ1) is 13.4. The van der Waals surface area contributed by atoms with Gasteiger partial charge in [-0.15, -0.1) is 0 Å². The lowest BCUT2D eigenvalue weighted by molar-refractivity contribution is 0.477. The molecule has 3 rings (SSSR count). The van der Waals surface area contributed by atoms with Crippen LogP contribution in [0.1, 0.15) is 20.3 Å². The van der Waals surface area contributed by atoms with Crippen LogP contribution >= 0.6 is 11.6 Å². The van der Waals surface area contributed by atoms with E-state index in [9.17, 15) is 5.11 Å². The van der Waals surface area contributed by atoms with Crippen LogP contribution in [0.3, 0.4) is 0 Å². The fourth-order valence-corrected chi connectivity index (χ4v) is 3.20. The van der Waals surface area contributed by atoms with Gasteiger partial charge in [-0.1, -0.05) is 55.8 Å². The summed E-state index contributed by atoms with van der Waals surface area (Å²) in [7, 11) is 0. The van der Waals surface area contributed by atoms with Gasteiger partial charge in [0.15, 0.2) is 5.82 Å². The van der Waals surface area contributed by atoms with Crippen LogP contribution in [0.4, 0.5) is 5.82 Å². The summed E-state index contributed by atoms with van der Waals surface area (Å²) in [5, 5.41) is 14.1. The fraction of sp³-hybridized carbons (Fsp3) is 0.273. The Balaban J connectivity index is 1.98. The summed E-state index contributed by atoms with van der Waals surface area (Å²) in [6, 6.07) is 16.6. The maximum atomic E-state index is 10.3. The minimum atomic E-state index is 0.0261. The van der Waals surface area contributed by atoms with Gasteiger partial charge in [-0.25, -0.2) is 9.97 Å². The first kappa shape index (κ1) is 20.1. The molecule has 1 aromatic heterocycles. The predicted octanol–water partition coefficient (Wildman–Crippen LogP) is 4.95. The van der Waals surface area contributed by atoms with E-state index in [-0.39, 0.29) is 11.8 Å². The number of phenols is 1. The van der Waals surface area contributed by atoms with E-state index in [4.69, 9.17) is 17.3 Å². The van der Waals surface area contributed by atoms with E-state index >= 15 is 0 Å². The number of phenolic OH excluding ortho intramolecular Hbond substituents is 1. The highest BCUT2D eigenvalue weighted by Crippen LogP contribution is 2.32. The van der Waals surface area contributed by atoms with Crippen LogP contribution in [0, 0.1) is 5.92 Å². The van der Waals surface area contributed by atoms with Crippen LogP contribution < -0.4 is 11.1 Å². The standard InChI is InChI=1S/C22H25ClN4O/c1-14(2)10-17(24)13-25-21-12-19(15-6-4-3-5-7-15)26-22(27-21)18-11-16(23)8-9-20(18)28/h3-9,11-12,14,17,28H,10,13,24H2,1-2H3,(H,25,26,27)/t17-/m1/s1. The van der Waals surface area contributed by atoms with Crippen LogP contribution in [0.15, 0.2) is 54.6 Å². The maximum Gasteiger partial charge on any atom is 0.165 e. The van der Waals surface area contributed by atoms with Gasteiger partial charge in [0.1, 0.15) is 11.6 Å². The highest BCUT2D eigenvalue weighted by atomic mass is 35.5. The van der Waals surface area contributed by atoms with Gasteiger partial charge in [0.2, 0.25) is 0 Å². The zero-order chi connectivity index (χ0) is 20.1. The molecular weight excluding hydrogens is 372 g/mol. The van der Waals surface area contributed by atoms with Crippen molar-refractivity contribution in [2.24, 2.45) is 11.7 Å². The van der Waals surface area contributed by atoms with Gasteiger partial charge in [-0.2, -0.15) is 0 Å². The molecule has 0 fully saturated rings. The Morgan fingerprint density at radius 3 is 2.54 bits per heavy atom. The number of aromatic hydroxyl groups is 1. The molecule has 1 atom stereocenters. The Hall–Kier alpha value is -2.63.